The highest BCUT2D eigenvalue weighted by Gasteiger charge is 2.34. The number of nitrogens with zero attached hydrogens (tertiary/aromatic N) is 2. The van der Waals surface area contributed by atoms with Crippen LogP contribution in [0, 0.1) is 7.14 Å². The van der Waals surface area contributed by atoms with Gasteiger partial charge in [-0.2, -0.15) is 0 Å². The number of ether oxygens (including phenoxy) is 1. The molecule has 9 heteroatoms. The van der Waals surface area contributed by atoms with Crippen LogP contribution >= 0.6 is 56.5 Å². The SMILES string of the molecule is CCOC(=O)C1=C(C)N=c2s/c(=C/c3cc(I)cc(I)c3O)c(=O)n2[C@H]1c1cccc2ccccc12. The van der Waals surface area contributed by atoms with E-state index in [1.807, 2.05) is 54.6 Å². The molecule has 6 nitrogen and oxygen atoms in total. The van der Waals surface area contributed by atoms with Crippen molar-refractivity contribution in [2.45, 2.75) is 19.9 Å². The molecule has 1 aliphatic rings. The lowest BCUT2D eigenvalue weighted by Gasteiger charge is -2.25. The summed E-state index contributed by atoms with van der Waals surface area (Å²) in [6.07, 6.45) is 1.69. The molecule has 1 atom stereocenters. The number of phenolic OH excluding ortho intramolecular Hbond substituents is 1. The van der Waals surface area contributed by atoms with Crippen molar-refractivity contribution in [2.75, 3.05) is 6.61 Å². The average molecular weight is 722 g/mol. The van der Waals surface area contributed by atoms with Crippen molar-refractivity contribution < 1.29 is 14.6 Å². The summed E-state index contributed by atoms with van der Waals surface area (Å²) in [4.78, 5) is 32.2. The first-order chi connectivity index (χ1) is 17.3. The van der Waals surface area contributed by atoms with Gasteiger partial charge < -0.3 is 9.84 Å². The van der Waals surface area contributed by atoms with Crippen molar-refractivity contribution in [1.29, 1.82) is 0 Å². The Labute approximate surface area is 237 Å². The zero-order valence-electron chi connectivity index (χ0n) is 19.3. The maximum Gasteiger partial charge on any atom is 0.338 e. The fourth-order valence-electron chi connectivity index (χ4n) is 4.41. The third-order valence-corrected chi connectivity index (χ3v) is 8.41. The van der Waals surface area contributed by atoms with E-state index in [0.29, 0.717) is 29.7 Å². The highest BCUT2D eigenvalue weighted by atomic mass is 127. The zero-order chi connectivity index (χ0) is 25.6. The molecule has 0 spiro atoms. The van der Waals surface area contributed by atoms with Crippen LogP contribution in [0.5, 0.6) is 5.75 Å². The number of halogens is 2. The Hall–Kier alpha value is -2.51. The molecular weight excluding hydrogens is 702 g/mol. The Morgan fingerprint density at radius 1 is 1.19 bits per heavy atom. The Kier molecular flexibility index (Phi) is 7.05. The van der Waals surface area contributed by atoms with Gasteiger partial charge in [0, 0.05) is 9.13 Å². The van der Waals surface area contributed by atoms with Crippen LogP contribution in [0.3, 0.4) is 0 Å². The van der Waals surface area contributed by atoms with Crippen molar-refractivity contribution in [3.63, 3.8) is 0 Å². The Morgan fingerprint density at radius 3 is 2.72 bits per heavy atom. The molecule has 0 radical (unpaired) electrons. The van der Waals surface area contributed by atoms with E-state index in [-0.39, 0.29) is 17.9 Å². The van der Waals surface area contributed by atoms with Gasteiger partial charge in [0.15, 0.2) is 4.80 Å². The van der Waals surface area contributed by atoms with Gasteiger partial charge in [-0.3, -0.25) is 9.36 Å². The summed E-state index contributed by atoms with van der Waals surface area (Å²) in [7, 11) is 0. The van der Waals surface area contributed by atoms with Crippen LogP contribution in [0.2, 0.25) is 0 Å². The molecule has 182 valence electrons. The lowest BCUT2D eigenvalue weighted by atomic mass is 9.91. The standard InChI is InChI=1S/C27H20I2N2O4S/c1-3-35-26(34)22-14(2)30-27-31(23(22)19-10-6-8-15-7-4-5-9-18(15)19)25(33)21(36-27)12-16-11-17(28)13-20(29)24(16)32/h4-13,23,32H,3H2,1-2H3/b21-12+/t23-/m0/s1. The van der Waals surface area contributed by atoms with Crippen molar-refractivity contribution in [2.24, 2.45) is 4.99 Å². The van der Waals surface area contributed by atoms with Crippen LogP contribution in [0.25, 0.3) is 16.8 Å². The second-order valence-corrected chi connectivity index (χ2v) is 11.6. The Morgan fingerprint density at radius 2 is 1.94 bits per heavy atom. The van der Waals surface area contributed by atoms with Gasteiger partial charge in [-0.05, 0) is 93.6 Å². The number of aromatic nitrogens is 1. The van der Waals surface area contributed by atoms with E-state index in [4.69, 9.17) is 4.74 Å². The van der Waals surface area contributed by atoms with Crippen molar-refractivity contribution in [1.82, 2.24) is 4.57 Å². The second kappa shape index (κ2) is 10.1. The molecule has 0 fully saturated rings. The second-order valence-electron chi connectivity index (χ2n) is 8.20. The molecule has 0 saturated carbocycles. The third kappa shape index (κ3) is 4.41. The number of rotatable bonds is 4. The number of carbonyl (C=O) groups is 1. The van der Waals surface area contributed by atoms with Gasteiger partial charge >= 0.3 is 5.97 Å². The van der Waals surface area contributed by atoms with Gasteiger partial charge in [0.25, 0.3) is 5.56 Å². The summed E-state index contributed by atoms with van der Waals surface area (Å²) in [5.74, 6) is -0.369. The van der Waals surface area contributed by atoms with Gasteiger partial charge in [-0.1, -0.05) is 53.8 Å². The minimum absolute atomic E-state index is 0.121. The molecule has 0 bridgehead atoms. The lowest BCUT2D eigenvalue weighted by Crippen LogP contribution is -2.40. The number of hydrogen-bond donors (Lipinski definition) is 1. The van der Waals surface area contributed by atoms with E-state index in [1.54, 1.807) is 24.5 Å². The predicted octanol–water partition coefficient (Wildman–Crippen LogP) is 4.87. The normalized spacial score (nSPS) is 15.7. The highest BCUT2D eigenvalue weighted by Crippen LogP contribution is 2.35. The van der Waals surface area contributed by atoms with E-state index < -0.39 is 12.0 Å². The first-order valence-electron chi connectivity index (χ1n) is 11.2. The fraction of sp³-hybridized carbons (Fsp3) is 0.148. The minimum Gasteiger partial charge on any atom is -0.506 e. The average Bonchev–Trinajstić information content (AvgIpc) is 3.15. The number of carbonyl (C=O) groups excluding carboxylic acids is 1. The molecule has 3 aromatic carbocycles. The largest absolute Gasteiger partial charge is 0.506 e. The first kappa shape index (κ1) is 25.2. The summed E-state index contributed by atoms with van der Waals surface area (Å²) < 4.78 is 9.05. The van der Waals surface area contributed by atoms with E-state index in [1.165, 1.54) is 11.3 Å². The molecule has 0 unspecified atom stereocenters. The summed E-state index contributed by atoms with van der Waals surface area (Å²) in [5.41, 5.74) is 1.97. The number of fused-ring (bicyclic) bond motifs is 2. The molecule has 0 saturated heterocycles. The van der Waals surface area contributed by atoms with Crippen LogP contribution in [0.15, 0.2) is 75.7 Å². The van der Waals surface area contributed by atoms with Crippen LogP contribution in [-0.2, 0) is 9.53 Å². The van der Waals surface area contributed by atoms with E-state index in [2.05, 4.69) is 50.2 Å². The Balaban J connectivity index is 1.82. The number of aromatic hydroxyl groups is 1. The molecule has 1 N–H and O–H groups in total. The third-order valence-electron chi connectivity index (χ3n) is 5.98. The molecule has 5 rings (SSSR count). The number of phenols is 1. The van der Waals surface area contributed by atoms with Gasteiger partial charge in [0.05, 0.1) is 32.0 Å². The molecule has 0 amide bonds. The molecule has 4 aromatic rings. The smallest absolute Gasteiger partial charge is 0.338 e. The zero-order valence-corrected chi connectivity index (χ0v) is 24.4. The minimum atomic E-state index is -0.696. The molecule has 36 heavy (non-hydrogen) atoms. The molecule has 1 aliphatic heterocycles. The first-order valence-corrected chi connectivity index (χ1v) is 14.1. The van der Waals surface area contributed by atoms with Crippen LogP contribution in [0.4, 0.5) is 0 Å². The monoisotopic (exact) mass is 722 g/mol. The Bertz CT molecular complexity index is 1750. The molecular formula is C27H20I2N2O4S. The van der Waals surface area contributed by atoms with E-state index in [0.717, 1.165) is 19.9 Å². The summed E-state index contributed by atoms with van der Waals surface area (Å²) >= 11 is 5.49. The van der Waals surface area contributed by atoms with Crippen LogP contribution < -0.4 is 14.9 Å². The fourth-order valence-corrected chi connectivity index (χ4v) is 7.34. The van der Waals surface area contributed by atoms with Crippen LogP contribution in [-0.4, -0.2) is 22.2 Å². The number of esters is 1. The highest BCUT2D eigenvalue weighted by molar-refractivity contribution is 14.1. The maximum absolute atomic E-state index is 13.9. The van der Waals surface area contributed by atoms with E-state index >= 15 is 0 Å². The van der Waals surface area contributed by atoms with Gasteiger partial charge in [0.1, 0.15) is 5.75 Å². The quantitative estimate of drug-likeness (QED) is 0.241. The topological polar surface area (TPSA) is 80.9 Å². The molecule has 0 aliphatic carbocycles. The van der Waals surface area contributed by atoms with Gasteiger partial charge in [-0.15, -0.1) is 0 Å². The number of hydrogen-bond acceptors (Lipinski definition) is 6. The predicted molar refractivity (Wildman–Crippen MR) is 158 cm³/mol. The van der Waals surface area contributed by atoms with Gasteiger partial charge in [0.2, 0.25) is 0 Å². The number of allylic oxidation sites excluding steroid dienone is 1. The lowest BCUT2D eigenvalue weighted by molar-refractivity contribution is -0.139. The van der Waals surface area contributed by atoms with E-state index in [9.17, 15) is 14.7 Å². The van der Waals surface area contributed by atoms with Crippen molar-refractivity contribution >= 4 is 79.3 Å². The molecule has 2 heterocycles. The summed E-state index contributed by atoms with van der Waals surface area (Å²) in [5, 5.41) is 12.6. The summed E-state index contributed by atoms with van der Waals surface area (Å²) in [6.45, 7) is 3.74. The van der Waals surface area contributed by atoms with Crippen molar-refractivity contribution in [3.8, 4) is 5.75 Å². The maximum atomic E-state index is 13.9. The summed E-state index contributed by atoms with van der Waals surface area (Å²) in [6, 6.07) is 16.8. The van der Waals surface area contributed by atoms with Gasteiger partial charge in [-0.25, -0.2) is 9.79 Å². The van der Waals surface area contributed by atoms with Crippen LogP contribution in [0.1, 0.15) is 31.0 Å². The number of benzene rings is 3. The molecule has 1 aromatic heterocycles. The number of thiazole rings is 1. The van der Waals surface area contributed by atoms with Crippen molar-refractivity contribution in [3.05, 3.63) is 104 Å².